The first-order valence-corrected chi connectivity index (χ1v) is 16.2. The number of carboxylic acids is 4. The molecule has 0 amide bonds. The molecule has 0 fully saturated rings. The van der Waals surface area contributed by atoms with Gasteiger partial charge in [0.1, 0.15) is 0 Å². The number of carboxylic acid groups (broad SMARTS) is 4. The van der Waals surface area contributed by atoms with Crippen molar-refractivity contribution in [1.82, 2.24) is 0 Å². The van der Waals surface area contributed by atoms with Gasteiger partial charge < -0.3 is 39.6 Å². The molecule has 0 N–H and O–H groups in total. The van der Waals surface area contributed by atoms with Gasteiger partial charge in [0.15, 0.2) is 0 Å². The van der Waals surface area contributed by atoms with Gasteiger partial charge in [0, 0.05) is 27.3 Å². The Morgan fingerprint density at radius 3 is 0.592 bits per heavy atom. The van der Waals surface area contributed by atoms with Crippen LogP contribution >= 0.6 is 0 Å². The average molecular weight is 860 g/mol. The molecule has 0 aliphatic carbocycles. The first-order chi connectivity index (χ1) is 22.9. The molecule has 4 aromatic rings. The minimum Gasteiger partial charge on any atom is -0.545 e. The van der Waals surface area contributed by atoms with Crippen molar-refractivity contribution in [1.29, 1.82) is 0 Å². The Morgan fingerprint density at radius 2 is 0.490 bits per heavy atom. The van der Waals surface area contributed by atoms with Crippen LogP contribution in [0.3, 0.4) is 0 Å². The van der Waals surface area contributed by atoms with E-state index >= 15 is 0 Å². The molecular formula is C40H44O8Pb-4. The average Bonchev–Trinajstić information content (AvgIpc) is 3.07. The molecule has 0 saturated heterocycles. The van der Waals surface area contributed by atoms with Gasteiger partial charge in [-0.05, 0) is 70.2 Å². The summed E-state index contributed by atoms with van der Waals surface area (Å²) in [7, 11) is 0. The standard InChI is InChI=1S/4C10H12O2.Pb/c4*1-2-3-8-4-6-9(7-5-8)10(11)12;/h4*4-7H,2-3H2,1H3,(H,11,12);/p-4. The molecule has 0 bridgehead atoms. The third kappa shape index (κ3) is 18.7. The summed E-state index contributed by atoms with van der Waals surface area (Å²) >= 11 is 0. The third-order valence-electron chi connectivity index (χ3n) is 6.91. The number of rotatable bonds is 12. The number of benzene rings is 4. The van der Waals surface area contributed by atoms with Gasteiger partial charge >= 0.3 is 0 Å². The van der Waals surface area contributed by atoms with E-state index in [0.717, 1.165) is 51.4 Å². The van der Waals surface area contributed by atoms with Gasteiger partial charge in [-0.3, -0.25) is 0 Å². The van der Waals surface area contributed by atoms with Crippen molar-refractivity contribution in [3.63, 3.8) is 0 Å². The van der Waals surface area contributed by atoms with Crippen LogP contribution in [0.15, 0.2) is 97.1 Å². The van der Waals surface area contributed by atoms with Crippen LogP contribution < -0.4 is 20.4 Å². The quantitative estimate of drug-likeness (QED) is 0.196. The Labute approximate surface area is 310 Å². The van der Waals surface area contributed by atoms with Crippen molar-refractivity contribution in [2.24, 2.45) is 0 Å². The van der Waals surface area contributed by atoms with E-state index < -0.39 is 23.9 Å². The normalized spacial score (nSPS) is 9.55. The second-order valence-electron chi connectivity index (χ2n) is 10.9. The summed E-state index contributed by atoms with van der Waals surface area (Å²) in [5.41, 5.74) is 5.66. The molecule has 0 aromatic heterocycles. The van der Waals surface area contributed by atoms with Gasteiger partial charge in [-0.15, -0.1) is 0 Å². The SMILES string of the molecule is CCCc1ccc(C(=O)[O-])cc1.CCCc1ccc(C(=O)[O-])cc1.CCCc1ccc(C(=O)[O-])cc1.CCCc1ccc(C(=O)[O-])cc1.[Pb]. The molecule has 8 nitrogen and oxygen atoms in total. The fourth-order valence-corrected chi connectivity index (χ4v) is 4.38. The summed E-state index contributed by atoms with van der Waals surface area (Å²) in [4.78, 5) is 41.4. The summed E-state index contributed by atoms with van der Waals surface area (Å²) in [6.07, 6.45) is 8.27. The Morgan fingerprint density at radius 1 is 0.347 bits per heavy atom. The van der Waals surface area contributed by atoms with Crippen molar-refractivity contribution in [2.45, 2.75) is 79.1 Å². The molecule has 49 heavy (non-hydrogen) atoms. The van der Waals surface area contributed by atoms with Crippen LogP contribution in [0.25, 0.3) is 0 Å². The topological polar surface area (TPSA) is 161 Å². The van der Waals surface area contributed by atoms with Crippen LogP contribution in [0.2, 0.25) is 0 Å². The zero-order chi connectivity index (χ0) is 35.9. The van der Waals surface area contributed by atoms with Gasteiger partial charge in [0.05, 0.1) is 23.9 Å². The number of hydrogen-bond acceptors (Lipinski definition) is 8. The van der Waals surface area contributed by atoms with Crippen LogP contribution in [-0.2, 0) is 25.7 Å². The molecule has 4 rings (SSSR count). The van der Waals surface area contributed by atoms with E-state index in [1.165, 1.54) is 22.3 Å². The zero-order valence-electron chi connectivity index (χ0n) is 28.7. The molecule has 260 valence electrons. The monoisotopic (exact) mass is 860 g/mol. The number of aryl methyl sites for hydroxylation is 4. The maximum atomic E-state index is 10.4. The fourth-order valence-electron chi connectivity index (χ4n) is 4.38. The predicted molar refractivity (Wildman–Crippen MR) is 185 cm³/mol. The van der Waals surface area contributed by atoms with Gasteiger partial charge in [-0.2, -0.15) is 0 Å². The van der Waals surface area contributed by atoms with Crippen LogP contribution in [0, 0.1) is 0 Å². The van der Waals surface area contributed by atoms with E-state index in [4.69, 9.17) is 0 Å². The number of aromatic carboxylic acids is 4. The molecular weight excluding hydrogens is 816 g/mol. The second kappa shape index (κ2) is 25.7. The van der Waals surface area contributed by atoms with E-state index in [1.807, 2.05) is 48.5 Å². The van der Waals surface area contributed by atoms with Gasteiger partial charge in [0.2, 0.25) is 0 Å². The Balaban J connectivity index is 0.000000623. The van der Waals surface area contributed by atoms with E-state index in [1.54, 1.807) is 48.5 Å². The smallest absolute Gasteiger partial charge is 0.0715 e. The van der Waals surface area contributed by atoms with Crippen molar-refractivity contribution in [3.05, 3.63) is 142 Å². The molecule has 9 heteroatoms. The molecule has 0 atom stereocenters. The minimum atomic E-state index is -1.11. The molecule has 4 aromatic carbocycles. The summed E-state index contributed by atoms with van der Waals surface area (Å²) in [5.74, 6) is -4.45. The van der Waals surface area contributed by atoms with Gasteiger partial charge in [0.25, 0.3) is 0 Å². The Kier molecular flexibility index (Phi) is 23.4. The van der Waals surface area contributed by atoms with Crippen LogP contribution in [0.4, 0.5) is 0 Å². The first-order valence-electron chi connectivity index (χ1n) is 16.2. The van der Waals surface area contributed by atoms with Gasteiger partial charge in [-0.1, -0.05) is 150 Å². The van der Waals surface area contributed by atoms with Crippen LogP contribution in [0.5, 0.6) is 0 Å². The molecule has 0 aliphatic heterocycles. The molecule has 4 radical (unpaired) electrons. The molecule has 0 spiro atoms. The van der Waals surface area contributed by atoms with E-state index in [9.17, 15) is 39.6 Å². The summed E-state index contributed by atoms with van der Waals surface area (Å²) < 4.78 is 0. The first kappa shape index (κ1) is 44.7. The minimum absolute atomic E-state index is 0. The molecule has 0 unspecified atom stereocenters. The van der Waals surface area contributed by atoms with E-state index in [0.29, 0.717) is 0 Å². The van der Waals surface area contributed by atoms with Crippen molar-refractivity contribution < 1.29 is 39.6 Å². The molecule has 0 heterocycles. The van der Waals surface area contributed by atoms with Crippen molar-refractivity contribution >= 4 is 51.2 Å². The number of hydrogen-bond donors (Lipinski definition) is 0. The summed E-state index contributed by atoms with van der Waals surface area (Å²) in [6, 6.07) is 27.3. The van der Waals surface area contributed by atoms with E-state index in [2.05, 4.69) is 27.7 Å². The number of carbonyl (C=O) groups excluding carboxylic acids is 4. The Hall–Kier alpha value is -4.32. The van der Waals surface area contributed by atoms with Crippen molar-refractivity contribution in [2.75, 3.05) is 0 Å². The zero-order valence-corrected chi connectivity index (χ0v) is 32.5. The summed E-state index contributed by atoms with van der Waals surface area (Å²) in [6.45, 7) is 8.36. The van der Waals surface area contributed by atoms with Crippen LogP contribution in [-0.4, -0.2) is 51.2 Å². The predicted octanol–water partition coefficient (Wildman–Crippen LogP) is 3.63. The Bertz CT molecular complexity index is 1290. The van der Waals surface area contributed by atoms with E-state index in [-0.39, 0.29) is 49.6 Å². The maximum absolute atomic E-state index is 10.4. The number of carbonyl (C=O) groups is 4. The second-order valence-corrected chi connectivity index (χ2v) is 10.9. The van der Waals surface area contributed by atoms with Crippen molar-refractivity contribution in [3.8, 4) is 0 Å². The summed E-state index contributed by atoms with van der Waals surface area (Å²) in [5, 5.41) is 41.4. The fraction of sp³-hybridized carbons (Fsp3) is 0.300. The largest absolute Gasteiger partial charge is 0.545 e. The maximum Gasteiger partial charge on any atom is 0.0715 e. The third-order valence-corrected chi connectivity index (χ3v) is 6.91. The molecule has 0 aliphatic rings. The van der Waals surface area contributed by atoms with Gasteiger partial charge in [-0.25, -0.2) is 0 Å². The van der Waals surface area contributed by atoms with Crippen LogP contribution in [0.1, 0.15) is 117 Å². The molecule has 0 saturated carbocycles.